The largest absolute Gasteiger partial charge is 0.388 e. The molecule has 0 unspecified atom stereocenters. The van der Waals surface area contributed by atoms with Gasteiger partial charge >= 0.3 is 0 Å². The number of nitrogens with zero attached hydrogens (tertiary/aromatic N) is 2. The van der Waals surface area contributed by atoms with E-state index in [1.807, 2.05) is 0 Å². The molecule has 0 spiro atoms. The Bertz CT molecular complexity index is 245. The van der Waals surface area contributed by atoms with Gasteiger partial charge in [0, 0.05) is 12.6 Å². The topological polar surface area (TPSA) is 38.7 Å². The summed E-state index contributed by atoms with van der Waals surface area (Å²) in [5.41, 5.74) is -0.456. The van der Waals surface area contributed by atoms with Crippen LogP contribution in [0.1, 0.15) is 32.6 Å². The minimum Gasteiger partial charge on any atom is -0.388 e. The molecule has 2 aliphatic heterocycles. The Hall–Kier alpha value is -0.160. The summed E-state index contributed by atoms with van der Waals surface area (Å²) in [6.07, 6.45) is 4.29. The summed E-state index contributed by atoms with van der Waals surface area (Å²) in [6.45, 7) is 8.59. The summed E-state index contributed by atoms with van der Waals surface area (Å²) in [4.78, 5) is 4.92. The van der Waals surface area contributed by atoms with E-state index >= 15 is 0 Å². The lowest BCUT2D eigenvalue weighted by Gasteiger charge is -2.41. The molecule has 2 N–H and O–H groups in total. The van der Waals surface area contributed by atoms with Gasteiger partial charge in [-0.1, -0.05) is 6.92 Å². The molecule has 2 rings (SSSR count). The van der Waals surface area contributed by atoms with Gasteiger partial charge in [0.25, 0.3) is 0 Å². The Morgan fingerprint density at radius 3 is 2.44 bits per heavy atom. The molecule has 4 nitrogen and oxygen atoms in total. The van der Waals surface area contributed by atoms with Crippen LogP contribution in [-0.2, 0) is 0 Å². The highest BCUT2D eigenvalue weighted by Gasteiger charge is 2.33. The van der Waals surface area contributed by atoms with Gasteiger partial charge in [0.2, 0.25) is 0 Å². The van der Waals surface area contributed by atoms with Crippen molar-refractivity contribution in [3.05, 3.63) is 0 Å². The summed E-state index contributed by atoms with van der Waals surface area (Å²) in [5, 5.41) is 13.9. The minimum absolute atomic E-state index is 0.456. The fourth-order valence-electron chi connectivity index (χ4n) is 3.32. The van der Waals surface area contributed by atoms with Crippen molar-refractivity contribution in [2.24, 2.45) is 0 Å². The van der Waals surface area contributed by atoms with Crippen molar-refractivity contribution in [1.82, 2.24) is 15.1 Å². The second kappa shape index (κ2) is 6.33. The van der Waals surface area contributed by atoms with Gasteiger partial charge in [-0.15, -0.1) is 0 Å². The van der Waals surface area contributed by atoms with Gasteiger partial charge in [-0.25, -0.2) is 0 Å². The number of likely N-dealkylation sites (N-methyl/N-ethyl adjacent to an activating group) is 1. The third-order valence-corrected chi connectivity index (χ3v) is 4.71. The van der Waals surface area contributed by atoms with Crippen molar-refractivity contribution in [2.45, 2.75) is 44.2 Å². The molecule has 2 saturated heterocycles. The molecule has 0 radical (unpaired) electrons. The minimum atomic E-state index is -0.456. The average molecular weight is 255 g/mol. The Balaban J connectivity index is 1.79. The molecule has 2 heterocycles. The Kier molecular flexibility index (Phi) is 5.01. The molecule has 0 aromatic rings. The molecule has 0 saturated carbocycles. The van der Waals surface area contributed by atoms with E-state index in [4.69, 9.17) is 0 Å². The number of piperidine rings is 2. The first-order valence-electron chi connectivity index (χ1n) is 7.49. The standard InChI is InChI=1S/C14H29N3O/c1-3-17-10-4-13(5-11-17)16(2)12-14(18)6-8-15-9-7-14/h13,15,18H,3-12H2,1-2H3. The number of rotatable bonds is 4. The van der Waals surface area contributed by atoms with Crippen LogP contribution in [0, 0.1) is 0 Å². The fraction of sp³-hybridized carbons (Fsp3) is 1.00. The van der Waals surface area contributed by atoms with Gasteiger partial charge in [0.15, 0.2) is 0 Å². The molecule has 106 valence electrons. The van der Waals surface area contributed by atoms with Crippen LogP contribution in [0.2, 0.25) is 0 Å². The van der Waals surface area contributed by atoms with E-state index in [2.05, 4.69) is 29.1 Å². The second-order valence-electron chi connectivity index (χ2n) is 6.05. The van der Waals surface area contributed by atoms with Crippen LogP contribution in [0.3, 0.4) is 0 Å². The zero-order valence-electron chi connectivity index (χ0n) is 12.0. The van der Waals surface area contributed by atoms with Crippen molar-refractivity contribution in [1.29, 1.82) is 0 Å². The number of hydrogen-bond donors (Lipinski definition) is 2. The molecule has 0 atom stereocenters. The van der Waals surface area contributed by atoms with E-state index in [0.29, 0.717) is 6.04 Å². The van der Waals surface area contributed by atoms with Gasteiger partial charge in [-0.3, -0.25) is 0 Å². The molecule has 18 heavy (non-hydrogen) atoms. The molecule has 0 aromatic carbocycles. The van der Waals surface area contributed by atoms with Crippen LogP contribution in [0.5, 0.6) is 0 Å². The van der Waals surface area contributed by atoms with E-state index in [9.17, 15) is 5.11 Å². The zero-order chi connectivity index (χ0) is 13.0. The van der Waals surface area contributed by atoms with Crippen LogP contribution < -0.4 is 5.32 Å². The maximum absolute atomic E-state index is 10.6. The van der Waals surface area contributed by atoms with E-state index in [1.165, 1.54) is 32.5 Å². The third-order valence-electron chi connectivity index (χ3n) is 4.71. The lowest BCUT2D eigenvalue weighted by molar-refractivity contribution is -0.0298. The molecule has 2 aliphatic rings. The van der Waals surface area contributed by atoms with E-state index in [0.717, 1.165) is 32.5 Å². The first-order valence-corrected chi connectivity index (χ1v) is 7.49. The summed E-state index contributed by atoms with van der Waals surface area (Å²) < 4.78 is 0. The molecule has 0 aliphatic carbocycles. The van der Waals surface area contributed by atoms with E-state index < -0.39 is 5.60 Å². The van der Waals surface area contributed by atoms with Crippen molar-refractivity contribution >= 4 is 0 Å². The van der Waals surface area contributed by atoms with Gasteiger partial charge in [0.05, 0.1) is 5.60 Å². The monoisotopic (exact) mass is 255 g/mol. The maximum atomic E-state index is 10.6. The highest BCUT2D eigenvalue weighted by molar-refractivity contribution is 4.89. The zero-order valence-corrected chi connectivity index (χ0v) is 12.0. The summed E-state index contributed by atoms with van der Waals surface area (Å²) >= 11 is 0. The molecule has 2 fully saturated rings. The number of aliphatic hydroxyl groups is 1. The Morgan fingerprint density at radius 1 is 1.28 bits per heavy atom. The summed E-state index contributed by atoms with van der Waals surface area (Å²) in [7, 11) is 2.19. The lowest BCUT2D eigenvalue weighted by Crippen LogP contribution is -2.52. The number of hydrogen-bond acceptors (Lipinski definition) is 4. The quantitative estimate of drug-likeness (QED) is 0.768. The van der Waals surface area contributed by atoms with Crippen LogP contribution >= 0.6 is 0 Å². The molecule has 0 aromatic heterocycles. The van der Waals surface area contributed by atoms with Crippen molar-refractivity contribution < 1.29 is 5.11 Å². The molecule has 4 heteroatoms. The van der Waals surface area contributed by atoms with Crippen LogP contribution in [0.15, 0.2) is 0 Å². The summed E-state index contributed by atoms with van der Waals surface area (Å²) in [6, 6.07) is 0.659. The van der Waals surface area contributed by atoms with Gasteiger partial charge < -0.3 is 20.2 Å². The Morgan fingerprint density at radius 2 is 1.89 bits per heavy atom. The normalized spacial score (nSPS) is 26.7. The van der Waals surface area contributed by atoms with Crippen LogP contribution in [0.25, 0.3) is 0 Å². The molecule has 0 amide bonds. The van der Waals surface area contributed by atoms with Gasteiger partial charge in [-0.2, -0.15) is 0 Å². The lowest BCUT2D eigenvalue weighted by atomic mass is 9.91. The fourth-order valence-corrected chi connectivity index (χ4v) is 3.32. The Labute approximate surface area is 111 Å². The molecule has 0 bridgehead atoms. The molecular formula is C14H29N3O. The maximum Gasteiger partial charge on any atom is 0.0798 e. The van der Waals surface area contributed by atoms with E-state index in [1.54, 1.807) is 0 Å². The van der Waals surface area contributed by atoms with Gasteiger partial charge in [0.1, 0.15) is 0 Å². The highest BCUT2D eigenvalue weighted by atomic mass is 16.3. The van der Waals surface area contributed by atoms with Crippen molar-refractivity contribution in [3.8, 4) is 0 Å². The van der Waals surface area contributed by atoms with Crippen molar-refractivity contribution in [3.63, 3.8) is 0 Å². The number of likely N-dealkylation sites (tertiary alicyclic amines) is 1. The van der Waals surface area contributed by atoms with Crippen LogP contribution in [-0.4, -0.2) is 72.9 Å². The first kappa shape index (κ1) is 14.3. The predicted octanol–water partition coefficient (Wildman–Crippen LogP) is 0.517. The smallest absolute Gasteiger partial charge is 0.0798 e. The predicted molar refractivity (Wildman–Crippen MR) is 74.8 cm³/mol. The second-order valence-corrected chi connectivity index (χ2v) is 6.05. The third kappa shape index (κ3) is 3.67. The van der Waals surface area contributed by atoms with Crippen molar-refractivity contribution in [2.75, 3.05) is 46.3 Å². The highest BCUT2D eigenvalue weighted by Crippen LogP contribution is 2.22. The van der Waals surface area contributed by atoms with Gasteiger partial charge in [-0.05, 0) is 65.5 Å². The van der Waals surface area contributed by atoms with E-state index in [-0.39, 0.29) is 0 Å². The first-order chi connectivity index (χ1) is 8.63. The summed E-state index contributed by atoms with van der Waals surface area (Å²) in [5.74, 6) is 0. The van der Waals surface area contributed by atoms with Crippen LogP contribution in [0.4, 0.5) is 0 Å². The number of nitrogens with one attached hydrogen (secondary N) is 1. The SMILES string of the molecule is CCN1CCC(N(C)CC2(O)CCNCC2)CC1. The average Bonchev–Trinajstić information content (AvgIpc) is 2.39. The molecular weight excluding hydrogens is 226 g/mol.